The Morgan fingerprint density at radius 2 is 1.26 bits per heavy atom. The summed E-state index contributed by atoms with van der Waals surface area (Å²) in [6.45, 7) is 3.10. The van der Waals surface area contributed by atoms with Crippen molar-refractivity contribution >= 4 is 120 Å². The van der Waals surface area contributed by atoms with Gasteiger partial charge in [0.15, 0.2) is 0 Å². The summed E-state index contributed by atoms with van der Waals surface area (Å²) in [4.78, 5) is 1.69. The minimum absolute atomic E-state index is 0. The zero-order valence-corrected chi connectivity index (χ0v) is 27.9. The second kappa shape index (κ2) is 15.4. The van der Waals surface area contributed by atoms with Crippen LogP contribution in [-0.4, -0.2) is 90.0 Å². The van der Waals surface area contributed by atoms with Gasteiger partial charge in [-0.15, -0.1) is 0 Å². The van der Waals surface area contributed by atoms with Crippen molar-refractivity contribution in [3.05, 3.63) is 109 Å². The third-order valence-electron chi connectivity index (χ3n) is 7.03. The third-order valence-corrected chi connectivity index (χ3v) is 10.1. The number of fused-ring (bicyclic) bond motifs is 1. The van der Waals surface area contributed by atoms with Gasteiger partial charge in [-0.05, 0) is 48.9 Å². The SMILES string of the molecule is CCN(Cc1cccc(S(=O)(=O)O)c1)c1ccc(N=Nc2ccc(N=Nc3ccc[c]([Na])c3S(=O)(=O)O)c3ccccc23)cc1.[NaH]. The predicted molar refractivity (Wildman–Crippen MR) is 181 cm³/mol. The van der Waals surface area contributed by atoms with E-state index in [4.69, 9.17) is 0 Å². The zero-order chi connectivity index (χ0) is 32.2. The van der Waals surface area contributed by atoms with E-state index in [0.717, 1.165) is 22.0 Å². The van der Waals surface area contributed by atoms with Crippen molar-refractivity contribution < 1.29 is 25.9 Å². The van der Waals surface area contributed by atoms with Crippen molar-refractivity contribution in [2.75, 3.05) is 11.4 Å². The predicted octanol–water partition coefficient (Wildman–Crippen LogP) is 6.34. The van der Waals surface area contributed by atoms with Gasteiger partial charge in [-0.25, -0.2) is 0 Å². The molecule has 15 heteroatoms. The molecule has 0 aromatic heterocycles. The minimum atomic E-state index is -4.46. The zero-order valence-electron chi connectivity index (χ0n) is 24.3. The van der Waals surface area contributed by atoms with Crippen LogP contribution in [0.1, 0.15) is 12.5 Å². The fourth-order valence-corrected chi connectivity index (χ4v) is 7.47. The Morgan fingerprint density at radius 3 is 1.85 bits per heavy atom. The van der Waals surface area contributed by atoms with E-state index in [-0.39, 0.29) is 45.0 Å². The molecule has 0 unspecified atom stereocenters. The molecule has 0 bridgehead atoms. The fraction of sp³-hybridized carbons (Fsp3) is 0.0968. The molecule has 0 spiro atoms. The molecule has 0 aliphatic rings. The second-order valence-electron chi connectivity index (χ2n) is 10.1. The van der Waals surface area contributed by atoms with Crippen LogP contribution < -0.4 is 7.71 Å². The van der Waals surface area contributed by atoms with Crippen LogP contribution in [0.5, 0.6) is 0 Å². The normalized spacial score (nSPS) is 12.1. The van der Waals surface area contributed by atoms with Gasteiger partial charge < -0.3 is 4.90 Å². The first-order chi connectivity index (χ1) is 21.4. The Balaban J connectivity index is 0.00000480. The first kappa shape index (κ1) is 36.0. The summed E-state index contributed by atoms with van der Waals surface area (Å²) < 4.78 is 66.5. The van der Waals surface area contributed by atoms with Gasteiger partial charge in [-0.2, -0.15) is 8.42 Å². The van der Waals surface area contributed by atoms with E-state index in [1.54, 1.807) is 36.4 Å². The third kappa shape index (κ3) is 8.75. The van der Waals surface area contributed by atoms with Gasteiger partial charge in [-0.3, -0.25) is 4.55 Å². The average Bonchev–Trinajstić information content (AvgIpc) is 3.01. The van der Waals surface area contributed by atoms with Gasteiger partial charge in [0, 0.05) is 18.8 Å². The van der Waals surface area contributed by atoms with E-state index >= 15 is 0 Å². The van der Waals surface area contributed by atoms with Crippen LogP contribution in [0.2, 0.25) is 0 Å². The van der Waals surface area contributed by atoms with E-state index < -0.39 is 20.2 Å². The van der Waals surface area contributed by atoms with Crippen molar-refractivity contribution in [3.63, 3.8) is 0 Å². The van der Waals surface area contributed by atoms with Crippen LogP contribution >= 0.6 is 0 Å². The van der Waals surface area contributed by atoms with Gasteiger partial charge in [0.05, 0.1) is 4.90 Å². The van der Waals surface area contributed by atoms with Crippen molar-refractivity contribution in [1.29, 1.82) is 0 Å². The van der Waals surface area contributed by atoms with Gasteiger partial charge in [0.25, 0.3) is 10.1 Å². The molecule has 0 aliphatic heterocycles. The Morgan fingerprint density at radius 1 is 0.674 bits per heavy atom. The summed E-state index contributed by atoms with van der Waals surface area (Å²) in [6, 6.07) is 29.4. The standard InChI is InChI=1S/C31H26N5O6S2.2Na.H/c1-2-36(21-22-8-7-9-25(20-22)43(37,38)39)24-16-14-23(15-17-24)32-33-28-18-19-29(27-11-4-3-10-26(27)28)34-35-30-12-5-6-13-31(30)44(40,41)42;;;/h3-12,14-20H,2,21H2,1H3,(H,37,38,39)(H,40,41,42);;;. The number of benzene rings is 5. The molecular weight excluding hydrogens is 648 g/mol. The van der Waals surface area contributed by atoms with E-state index in [1.807, 2.05) is 55.5 Å². The Hall–Kier alpha value is -2.82. The molecule has 11 nitrogen and oxygen atoms in total. The van der Waals surface area contributed by atoms with Crippen LogP contribution in [0.15, 0.2) is 133 Å². The molecule has 5 rings (SSSR count). The molecule has 5 aromatic carbocycles. The first-order valence-corrected chi connectivity index (χ1v) is 17.7. The summed E-state index contributed by atoms with van der Waals surface area (Å²) in [5.41, 5.74) is 3.43. The molecule has 226 valence electrons. The van der Waals surface area contributed by atoms with Crippen LogP contribution in [0.4, 0.5) is 28.4 Å². The number of rotatable bonds is 10. The Labute approximate surface area is 306 Å². The summed E-state index contributed by atoms with van der Waals surface area (Å²) in [6.07, 6.45) is 0. The summed E-state index contributed by atoms with van der Waals surface area (Å²) >= 11 is 0.406. The van der Waals surface area contributed by atoms with Crippen molar-refractivity contribution in [2.45, 2.75) is 23.3 Å². The summed E-state index contributed by atoms with van der Waals surface area (Å²) in [5.74, 6) is 0. The molecule has 0 radical (unpaired) electrons. The molecule has 0 heterocycles. The van der Waals surface area contributed by atoms with Gasteiger partial charge >= 0.3 is 197 Å². The topological polar surface area (TPSA) is 161 Å². The molecule has 0 amide bonds. The van der Waals surface area contributed by atoms with Crippen LogP contribution in [0, 0.1) is 0 Å². The van der Waals surface area contributed by atoms with Gasteiger partial charge in [-0.1, -0.05) is 12.1 Å². The Kier molecular flexibility index (Phi) is 12.1. The molecule has 2 N–H and O–H groups in total. The Bertz CT molecular complexity index is 2160. The van der Waals surface area contributed by atoms with Crippen LogP contribution in [0.25, 0.3) is 10.8 Å². The maximum atomic E-state index is 11.9. The first-order valence-electron chi connectivity index (χ1n) is 13.8. The molecule has 5 aromatic rings. The molecule has 0 fully saturated rings. The number of nitrogens with zero attached hydrogens (tertiary/aromatic N) is 5. The second-order valence-corrected chi connectivity index (χ2v) is 14.0. The summed E-state index contributed by atoms with van der Waals surface area (Å²) in [7, 11) is -8.74. The number of anilines is 1. The molecule has 0 aliphatic carbocycles. The van der Waals surface area contributed by atoms with Crippen molar-refractivity contribution in [2.24, 2.45) is 20.5 Å². The fourth-order valence-electron chi connectivity index (χ4n) is 4.85. The molecule has 0 atom stereocenters. The number of hydrogen-bond acceptors (Lipinski definition) is 9. The van der Waals surface area contributed by atoms with E-state index in [9.17, 15) is 25.9 Å². The number of hydrogen-bond donors (Lipinski definition) is 2. The van der Waals surface area contributed by atoms with Gasteiger partial charge in [0.2, 0.25) is 0 Å². The van der Waals surface area contributed by atoms with Crippen molar-refractivity contribution in [3.8, 4) is 0 Å². The molecule has 0 saturated carbocycles. The van der Waals surface area contributed by atoms with Gasteiger partial charge in [0.1, 0.15) is 0 Å². The van der Waals surface area contributed by atoms with E-state index in [2.05, 4.69) is 25.4 Å². The quantitative estimate of drug-likeness (QED) is 0.0992. The van der Waals surface area contributed by atoms with Crippen LogP contribution in [0.3, 0.4) is 0 Å². The van der Waals surface area contributed by atoms with E-state index in [0.29, 0.717) is 60.9 Å². The average molecular weight is 676 g/mol. The molecule has 46 heavy (non-hydrogen) atoms. The van der Waals surface area contributed by atoms with Crippen LogP contribution in [-0.2, 0) is 26.8 Å². The summed E-state index contributed by atoms with van der Waals surface area (Å²) in [5, 5.41) is 18.9. The maximum absolute atomic E-state index is 11.9. The molecule has 0 saturated heterocycles. The monoisotopic (exact) mass is 675 g/mol. The van der Waals surface area contributed by atoms with E-state index in [1.165, 1.54) is 18.2 Å². The number of azo groups is 2. The van der Waals surface area contributed by atoms with Crippen molar-refractivity contribution in [1.82, 2.24) is 0 Å². The molecular formula is C31H27N5Na2O6S2.